The highest BCUT2D eigenvalue weighted by molar-refractivity contribution is 5.72. The normalized spacial score (nSPS) is 10.0. The van der Waals surface area contributed by atoms with Gasteiger partial charge in [0.1, 0.15) is 0 Å². The second kappa shape index (κ2) is 3.87. The third-order valence-corrected chi connectivity index (χ3v) is 1.99. The predicted octanol–water partition coefficient (Wildman–Crippen LogP) is 2.08. The van der Waals surface area contributed by atoms with Crippen LogP contribution in [-0.2, 0) is 6.42 Å². The lowest BCUT2D eigenvalue weighted by Crippen LogP contribution is -1.92. The quantitative estimate of drug-likeness (QED) is 0.691. The van der Waals surface area contributed by atoms with Gasteiger partial charge in [-0.1, -0.05) is 30.3 Å². The summed E-state index contributed by atoms with van der Waals surface area (Å²) < 4.78 is 4.91. The van der Waals surface area contributed by atoms with Crippen LogP contribution in [0, 0.1) is 0 Å². The van der Waals surface area contributed by atoms with Crippen molar-refractivity contribution in [2.45, 2.75) is 6.42 Å². The van der Waals surface area contributed by atoms with E-state index < -0.39 is 0 Å². The third-order valence-electron chi connectivity index (χ3n) is 1.99. The first-order valence-electron chi connectivity index (χ1n) is 4.31. The van der Waals surface area contributed by atoms with Crippen molar-refractivity contribution < 1.29 is 9.21 Å². The van der Waals surface area contributed by atoms with E-state index in [2.05, 4.69) is 4.98 Å². The second-order valence-electron chi connectivity index (χ2n) is 2.94. The van der Waals surface area contributed by atoms with Gasteiger partial charge >= 0.3 is 0 Å². The Bertz CT molecular complexity index is 420. The van der Waals surface area contributed by atoms with Crippen molar-refractivity contribution in [2.24, 2.45) is 0 Å². The standard InChI is InChI=1S/C11H9NO2/c13-7-11-10(12-8-14-11)6-9-4-2-1-3-5-9/h1-5,7-8H,6H2. The zero-order valence-electron chi connectivity index (χ0n) is 7.51. The van der Waals surface area contributed by atoms with E-state index in [1.165, 1.54) is 6.39 Å². The lowest BCUT2D eigenvalue weighted by atomic mass is 10.1. The number of aldehydes is 1. The largest absolute Gasteiger partial charge is 0.440 e. The number of hydrogen-bond acceptors (Lipinski definition) is 3. The van der Waals surface area contributed by atoms with Gasteiger partial charge in [-0.15, -0.1) is 0 Å². The van der Waals surface area contributed by atoms with E-state index in [-0.39, 0.29) is 0 Å². The van der Waals surface area contributed by atoms with Gasteiger partial charge in [-0.2, -0.15) is 0 Å². The molecule has 0 aliphatic carbocycles. The van der Waals surface area contributed by atoms with Crippen molar-refractivity contribution in [1.29, 1.82) is 0 Å². The van der Waals surface area contributed by atoms with Gasteiger partial charge < -0.3 is 4.42 Å². The van der Waals surface area contributed by atoms with Crippen LogP contribution in [0.1, 0.15) is 21.8 Å². The first-order valence-corrected chi connectivity index (χ1v) is 4.31. The van der Waals surface area contributed by atoms with Crippen LogP contribution in [0.25, 0.3) is 0 Å². The number of aromatic nitrogens is 1. The molecule has 3 nitrogen and oxygen atoms in total. The van der Waals surface area contributed by atoms with Crippen molar-refractivity contribution in [3.8, 4) is 0 Å². The average Bonchev–Trinajstić information content (AvgIpc) is 2.67. The van der Waals surface area contributed by atoms with E-state index in [9.17, 15) is 4.79 Å². The van der Waals surface area contributed by atoms with Gasteiger partial charge in [-0.05, 0) is 5.56 Å². The molecule has 0 saturated carbocycles. The number of carbonyl (C=O) groups excluding carboxylic acids is 1. The van der Waals surface area contributed by atoms with Gasteiger partial charge in [0, 0.05) is 6.42 Å². The van der Waals surface area contributed by atoms with E-state index in [0.29, 0.717) is 24.2 Å². The molecular formula is C11H9NO2. The first-order chi connectivity index (χ1) is 6.90. The summed E-state index contributed by atoms with van der Waals surface area (Å²) in [5, 5.41) is 0. The van der Waals surface area contributed by atoms with Crippen molar-refractivity contribution in [2.75, 3.05) is 0 Å². The molecule has 0 unspecified atom stereocenters. The molecule has 1 aromatic heterocycles. The van der Waals surface area contributed by atoms with E-state index in [1.54, 1.807) is 0 Å². The molecule has 14 heavy (non-hydrogen) atoms. The van der Waals surface area contributed by atoms with E-state index in [4.69, 9.17) is 4.42 Å². The van der Waals surface area contributed by atoms with Crippen LogP contribution in [0.15, 0.2) is 41.1 Å². The summed E-state index contributed by atoms with van der Waals surface area (Å²) >= 11 is 0. The number of hydrogen-bond donors (Lipinski definition) is 0. The monoisotopic (exact) mass is 187 g/mol. The Morgan fingerprint density at radius 2 is 2.07 bits per heavy atom. The molecular weight excluding hydrogens is 178 g/mol. The molecule has 2 aromatic rings. The van der Waals surface area contributed by atoms with Crippen LogP contribution in [0.4, 0.5) is 0 Å². The van der Waals surface area contributed by atoms with Gasteiger partial charge in [0.05, 0.1) is 5.69 Å². The van der Waals surface area contributed by atoms with E-state index in [0.717, 1.165) is 5.56 Å². The SMILES string of the molecule is O=Cc1ocnc1Cc1ccccc1. The van der Waals surface area contributed by atoms with Crippen molar-refractivity contribution in [3.05, 3.63) is 53.7 Å². The van der Waals surface area contributed by atoms with Crippen molar-refractivity contribution >= 4 is 6.29 Å². The van der Waals surface area contributed by atoms with E-state index in [1.807, 2.05) is 30.3 Å². The number of rotatable bonds is 3. The highest BCUT2D eigenvalue weighted by atomic mass is 16.3. The maximum absolute atomic E-state index is 10.5. The Morgan fingerprint density at radius 3 is 2.79 bits per heavy atom. The summed E-state index contributed by atoms with van der Waals surface area (Å²) in [7, 11) is 0. The Balaban J connectivity index is 2.23. The van der Waals surface area contributed by atoms with Gasteiger partial charge in [0.2, 0.25) is 0 Å². The van der Waals surface area contributed by atoms with Crippen molar-refractivity contribution in [3.63, 3.8) is 0 Å². The molecule has 0 saturated heterocycles. The Kier molecular flexibility index (Phi) is 2.40. The van der Waals surface area contributed by atoms with Gasteiger partial charge in [0.25, 0.3) is 0 Å². The first kappa shape index (κ1) is 8.69. The molecule has 3 heteroatoms. The Labute approximate surface area is 81.4 Å². The van der Waals surface area contributed by atoms with Crippen molar-refractivity contribution in [1.82, 2.24) is 4.98 Å². The minimum atomic E-state index is 0.314. The summed E-state index contributed by atoms with van der Waals surface area (Å²) in [6.07, 6.45) is 2.61. The highest BCUT2D eigenvalue weighted by Crippen LogP contribution is 2.10. The number of nitrogens with zero attached hydrogens (tertiary/aromatic N) is 1. The van der Waals surface area contributed by atoms with Crippen LogP contribution in [-0.4, -0.2) is 11.3 Å². The zero-order valence-corrected chi connectivity index (χ0v) is 7.51. The molecule has 0 aliphatic heterocycles. The zero-order chi connectivity index (χ0) is 9.80. The van der Waals surface area contributed by atoms with Gasteiger partial charge in [-0.3, -0.25) is 4.79 Å². The fraction of sp³-hybridized carbons (Fsp3) is 0.0909. The summed E-state index contributed by atoms with van der Waals surface area (Å²) in [6.45, 7) is 0. The van der Waals surface area contributed by atoms with Crippen LogP contribution in [0.5, 0.6) is 0 Å². The third kappa shape index (κ3) is 1.71. The predicted molar refractivity (Wildman–Crippen MR) is 51.1 cm³/mol. The highest BCUT2D eigenvalue weighted by Gasteiger charge is 2.06. The molecule has 0 spiro atoms. The molecule has 0 fully saturated rings. The topological polar surface area (TPSA) is 43.1 Å². The maximum Gasteiger partial charge on any atom is 0.190 e. The molecule has 0 N–H and O–H groups in total. The van der Waals surface area contributed by atoms with Crippen LogP contribution in [0.2, 0.25) is 0 Å². The molecule has 1 heterocycles. The molecule has 0 radical (unpaired) electrons. The molecule has 2 rings (SSSR count). The van der Waals surface area contributed by atoms with Gasteiger partial charge in [0.15, 0.2) is 18.4 Å². The molecule has 70 valence electrons. The lowest BCUT2D eigenvalue weighted by Gasteiger charge is -1.96. The van der Waals surface area contributed by atoms with Crippen LogP contribution >= 0.6 is 0 Å². The fourth-order valence-electron chi connectivity index (χ4n) is 1.30. The number of benzene rings is 1. The molecule has 0 bridgehead atoms. The van der Waals surface area contributed by atoms with E-state index >= 15 is 0 Å². The van der Waals surface area contributed by atoms with Gasteiger partial charge in [-0.25, -0.2) is 4.98 Å². The molecule has 0 aliphatic rings. The average molecular weight is 187 g/mol. The number of carbonyl (C=O) groups is 1. The minimum absolute atomic E-state index is 0.314. The molecule has 0 atom stereocenters. The van der Waals surface area contributed by atoms with Crippen LogP contribution in [0.3, 0.4) is 0 Å². The smallest absolute Gasteiger partial charge is 0.190 e. The number of oxazole rings is 1. The minimum Gasteiger partial charge on any atom is -0.440 e. The summed E-state index contributed by atoms with van der Waals surface area (Å²) in [4.78, 5) is 14.5. The summed E-state index contributed by atoms with van der Waals surface area (Å²) in [5.41, 5.74) is 1.80. The fourth-order valence-corrected chi connectivity index (χ4v) is 1.30. The Hall–Kier alpha value is -1.90. The summed E-state index contributed by atoms with van der Waals surface area (Å²) in [5.74, 6) is 0.314. The summed E-state index contributed by atoms with van der Waals surface area (Å²) in [6, 6.07) is 9.84. The van der Waals surface area contributed by atoms with Crippen LogP contribution < -0.4 is 0 Å². The maximum atomic E-state index is 10.5. The molecule has 0 amide bonds. The lowest BCUT2D eigenvalue weighted by molar-refractivity contribution is 0.109. The molecule has 1 aromatic carbocycles. The second-order valence-corrected chi connectivity index (χ2v) is 2.94. The Morgan fingerprint density at radius 1 is 1.29 bits per heavy atom.